The second-order valence-electron chi connectivity index (χ2n) is 3.12. The molecule has 0 saturated carbocycles. The molecule has 0 aliphatic heterocycles. The molecule has 2 rings (SSSR count). The molecule has 0 N–H and O–H groups in total. The minimum atomic E-state index is 0.732. The van der Waals surface area contributed by atoms with Crippen LogP contribution in [0.2, 0.25) is 5.02 Å². The molecule has 0 heterocycles. The minimum absolute atomic E-state index is 0.732. The van der Waals surface area contributed by atoms with E-state index in [1.165, 1.54) is 0 Å². The first-order chi connectivity index (χ1) is 7.31. The van der Waals surface area contributed by atoms with Gasteiger partial charge in [-0.15, -0.1) is 0 Å². The van der Waals surface area contributed by atoms with E-state index < -0.39 is 0 Å². The van der Waals surface area contributed by atoms with Gasteiger partial charge in [-0.2, -0.15) is 0 Å². The van der Waals surface area contributed by atoms with Crippen LogP contribution in [0.15, 0.2) is 48.5 Å². The average Bonchev–Trinajstić information content (AvgIpc) is 2.30. The van der Waals surface area contributed by atoms with Gasteiger partial charge < -0.3 is 0 Å². The quantitative estimate of drug-likeness (QED) is 0.771. The molecule has 0 atom stereocenters. The summed E-state index contributed by atoms with van der Waals surface area (Å²) in [7, 11) is 0. The summed E-state index contributed by atoms with van der Waals surface area (Å²) >= 11 is 6.72. The van der Waals surface area contributed by atoms with Gasteiger partial charge >= 0.3 is 108 Å². The zero-order chi connectivity index (χ0) is 10.7. The van der Waals surface area contributed by atoms with Gasteiger partial charge in [0.1, 0.15) is 0 Å². The van der Waals surface area contributed by atoms with Gasteiger partial charge in [-0.3, -0.25) is 0 Å². The molecule has 0 bridgehead atoms. The van der Waals surface area contributed by atoms with Crippen LogP contribution in [0, 0.1) is 0 Å². The molecule has 0 aromatic heterocycles. The second-order valence-corrected chi connectivity index (χ2v) is 4.23. The molecule has 3 heteroatoms. The molecule has 0 aliphatic rings. The molecule has 2 aromatic rings. The molecule has 0 fully saturated rings. The van der Waals surface area contributed by atoms with Crippen molar-refractivity contribution in [2.75, 3.05) is 0 Å². The molecule has 0 aliphatic carbocycles. The van der Waals surface area contributed by atoms with Crippen molar-refractivity contribution < 1.29 is 3.07 Å². The van der Waals surface area contributed by atoms with Crippen LogP contribution in [0.3, 0.4) is 0 Å². The Morgan fingerprint density at radius 2 is 1.73 bits per heavy atom. The van der Waals surface area contributed by atoms with E-state index in [0.29, 0.717) is 0 Å². The van der Waals surface area contributed by atoms with Crippen LogP contribution in [0.1, 0.15) is 0 Å². The SMILES string of the molecule is Clc1ccc([O][SnH])c(-c2ccccc2)c1. The van der Waals surface area contributed by atoms with Gasteiger partial charge in [0.15, 0.2) is 0 Å². The van der Waals surface area contributed by atoms with Crippen molar-refractivity contribution in [2.24, 2.45) is 0 Å². The standard InChI is InChI=1S/C12H9ClO.Sn.H/c13-10-6-7-12(14)11(8-10)9-4-2-1-3-5-9;;/h1-8,14H;;/q;+1;/p-1. The predicted molar refractivity (Wildman–Crippen MR) is 64.7 cm³/mol. The van der Waals surface area contributed by atoms with Crippen molar-refractivity contribution in [3.8, 4) is 16.9 Å². The third-order valence-corrected chi connectivity index (χ3v) is 3.11. The van der Waals surface area contributed by atoms with Crippen molar-refractivity contribution in [3.05, 3.63) is 53.6 Å². The van der Waals surface area contributed by atoms with E-state index in [-0.39, 0.29) is 0 Å². The molecule has 2 radical (unpaired) electrons. The van der Waals surface area contributed by atoms with Crippen LogP contribution in [-0.4, -0.2) is 22.9 Å². The van der Waals surface area contributed by atoms with E-state index in [9.17, 15) is 0 Å². The van der Waals surface area contributed by atoms with E-state index >= 15 is 0 Å². The number of halogens is 1. The van der Waals surface area contributed by atoms with Crippen LogP contribution in [0.4, 0.5) is 0 Å². The molecule has 0 amide bonds. The van der Waals surface area contributed by atoms with Gasteiger partial charge in [-0.1, -0.05) is 0 Å². The van der Waals surface area contributed by atoms with Gasteiger partial charge in [0.25, 0.3) is 0 Å². The van der Waals surface area contributed by atoms with E-state index in [4.69, 9.17) is 14.7 Å². The first-order valence-corrected chi connectivity index (χ1v) is 6.25. The molecule has 0 spiro atoms. The van der Waals surface area contributed by atoms with Crippen molar-refractivity contribution >= 4 is 34.5 Å². The summed E-state index contributed by atoms with van der Waals surface area (Å²) in [6.45, 7) is 0. The zero-order valence-electron chi connectivity index (χ0n) is 7.98. The predicted octanol–water partition coefficient (Wildman–Crippen LogP) is 3.20. The second kappa shape index (κ2) is 4.90. The topological polar surface area (TPSA) is 9.23 Å². The van der Waals surface area contributed by atoms with Gasteiger partial charge in [0.2, 0.25) is 0 Å². The van der Waals surface area contributed by atoms with Gasteiger partial charge in [-0.05, 0) is 0 Å². The Bertz CT molecular complexity index is 456. The van der Waals surface area contributed by atoms with E-state index in [0.717, 1.165) is 44.8 Å². The Kier molecular flexibility index (Phi) is 3.54. The molecular formula is C12H9ClOSn. The third-order valence-electron chi connectivity index (χ3n) is 2.15. The number of hydrogen-bond acceptors (Lipinski definition) is 1. The Balaban J connectivity index is 2.56. The van der Waals surface area contributed by atoms with Crippen LogP contribution in [0.5, 0.6) is 5.75 Å². The van der Waals surface area contributed by atoms with E-state index in [2.05, 4.69) is 12.1 Å². The van der Waals surface area contributed by atoms with Crippen LogP contribution >= 0.6 is 11.6 Å². The maximum atomic E-state index is 5.98. The van der Waals surface area contributed by atoms with Crippen LogP contribution < -0.4 is 3.07 Å². The van der Waals surface area contributed by atoms with Crippen molar-refractivity contribution in [3.63, 3.8) is 0 Å². The Hall–Kier alpha value is -0.671. The Morgan fingerprint density at radius 1 is 1.00 bits per heavy atom. The van der Waals surface area contributed by atoms with E-state index in [1.807, 2.05) is 36.4 Å². The van der Waals surface area contributed by atoms with Gasteiger partial charge in [0, 0.05) is 0 Å². The third kappa shape index (κ3) is 2.47. The van der Waals surface area contributed by atoms with Gasteiger partial charge in [0.05, 0.1) is 0 Å². The Morgan fingerprint density at radius 3 is 2.40 bits per heavy atom. The number of rotatable bonds is 2. The molecule has 15 heavy (non-hydrogen) atoms. The summed E-state index contributed by atoms with van der Waals surface area (Å²) in [6, 6.07) is 15.8. The van der Waals surface area contributed by atoms with Crippen molar-refractivity contribution in [2.45, 2.75) is 0 Å². The molecule has 74 valence electrons. The summed E-state index contributed by atoms with van der Waals surface area (Å²) in [5, 5.41) is 0.732. The first-order valence-electron chi connectivity index (χ1n) is 4.53. The van der Waals surface area contributed by atoms with E-state index in [1.54, 1.807) is 0 Å². The summed E-state index contributed by atoms with van der Waals surface area (Å²) in [6.07, 6.45) is 0. The van der Waals surface area contributed by atoms with Crippen molar-refractivity contribution in [1.29, 1.82) is 0 Å². The fourth-order valence-electron chi connectivity index (χ4n) is 1.45. The van der Waals surface area contributed by atoms with Crippen LogP contribution in [0.25, 0.3) is 11.1 Å². The molecule has 0 unspecified atom stereocenters. The monoisotopic (exact) mass is 324 g/mol. The molecule has 2 aromatic carbocycles. The Labute approximate surface area is 108 Å². The summed E-state index contributed by atoms with van der Waals surface area (Å²) < 4.78 is 5.43. The zero-order valence-corrected chi connectivity index (χ0v) is 12.0. The van der Waals surface area contributed by atoms with Crippen LogP contribution in [-0.2, 0) is 0 Å². The fourth-order valence-corrected chi connectivity index (χ4v) is 2.21. The normalized spacial score (nSPS) is 10.0. The average molecular weight is 323 g/mol. The summed E-state index contributed by atoms with van der Waals surface area (Å²) in [5.41, 5.74) is 2.18. The summed E-state index contributed by atoms with van der Waals surface area (Å²) in [5.74, 6) is 0.896. The summed E-state index contributed by atoms with van der Waals surface area (Å²) in [4.78, 5) is 0. The fraction of sp³-hybridized carbons (Fsp3) is 0. The first kappa shape index (κ1) is 10.8. The number of hydrogen-bond donors (Lipinski definition) is 0. The van der Waals surface area contributed by atoms with Gasteiger partial charge in [-0.25, -0.2) is 0 Å². The molecule has 1 nitrogen and oxygen atoms in total. The maximum absolute atomic E-state index is 5.98. The molecule has 0 saturated heterocycles. The molecular weight excluding hydrogens is 314 g/mol. The number of benzene rings is 2. The van der Waals surface area contributed by atoms with Crippen molar-refractivity contribution in [1.82, 2.24) is 0 Å².